The van der Waals surface area contributed by atoms with Crippen LogP contribution in [0.4, 0.5) is 0 Å². The van der Waals surface area contributed by atoms with Gasteiger partial charge in [0.15, 0.2) is 16.4 Å². The highest BCUT2D eigenvalue weighted by molar-refractivity contribution is 7.71. The number of carbonyl (C=O) groups excluding carboxylic acids is 1. The van der Waals surface area contributed by atoms with Gasteiger partial charge in [-0.05, 0) is 42.0 Å². The van der Waals surface area contributed by atoms with Gasteiger partial charge in [-0.25, -0.2) is 4.68 Å². The molecule has 0 amide bonds. The molecule has 3 atom stereocenters. The van der Waals surface area contributed by atoms with E-state index < -0.39 is 6.29 Å². The van der Waals surface area contributed by atoms with Gasteiger partial charge >= 0.3 is 0 Å². The van der Waals surface area contributed by atoms with Crippen molar-refractivity contribution in [2.24, 2.45) is 0 Å². The van der Waals surface area contributed by atoms with Crippen molar-refractivity contribution in [1.29, 1.82) is 0 Å². The zero-order chi connectivity index (χ0) is 20.0. The van der Waals surface area contributed by atoms with Crippen molar-refractivity contribution in [1.82, 2.24) is 14.3 Å². The summed E-state index contributed by atoms with van der Waals surface area (Å²) < 4.78 is 15.4. The van der Waals surface area contributed by atoms with E-state index in [1.165, 1.54) is 0 Å². The maximum atomic E-state index is 12.3. The van der Waals surface area contributed by atoms with E-state index in [9.17, 15) is 4.79 Å². The van der Waals surface area contributed by atoms with Gasteiger partial charge in [0.2, 0.25) is 6.29 Å². The molecule has 0 saturated carbocycles. The van der Waals surface area contributed by atoms with Crippen LogP contribution in [-0.4, -0.2) is 39.1 Å². The highest BCUT2D eigenvalue weighted by Crippen LogP contribution is 2.34. The standard InChI is InChI=1S/C21H18ClN3O3S/c22-15-8-6-14(7-9-15)19-23-25(16-10-17(26)20-27-12-18(16)28-20)21(29)24(19)11-13-4-2-1-3-5-13/h1-9,16,18,20H,10-12H2/t16-,18-,20+/m1/s1. The van der Waals surface area contributed by atoms with E-state index in [2.05, 4.69) is 0 Å². The first-order valence-electron chi connectivity index (χ1n) is 9.39. The number of benzene rings is 2. The summed E-state index contributed by atoms with van der Waals surface area (Å²) in [6.45, 7) is 0.938. The fraction of sp³-hybridized carbons (Fsp3) is 0.286. The minimum atomic E-state index is -0.743. The molecule has 2 aliphatic heterocycles. The quantitative estimate of drug-likeness (QED) is 0.588. The van der Waals surface area contributed by atoms with Gasteiger partial charge in [-0.3, -0.25) is 9.36 Å². The fourth-order valence-electron chi connectivity index (χ4n) is 3.82. The molecular formula is C21H18ClN3O3S. The summed E-state index contributed by atoms with van der Waals surface area (Å²) in [5.74, 6) is 0.653. The maximum absolute atomic E-state index is 12.3. The first kappa shape index (κ1) is 18.7. The van der Waals surface area contributed by atoms with Crippen molar-refractivity contribution < 1.29 is 14.3 Å². The van der Waals surface area contributed by atoms with Gasteiger partial charge in [0.25, 0.3) is 0 Å². The summed E-state index contributed by atoms with van der Waals surface area (Å²) >= 11 is 11.9. The van der Waals surface area contributed by atoms with Gasteiger partial charge in [-0.2, -0.15) is 5.10 Å². The Morgan fingerprint density at radius 2 is 1.90 bits per heavy atom. The van der Waals surface area contributed by atoms with Gasteiger partial charge in [0, 0.05) is 17.0 Å². The fourth-order valence-corrected chi connectivity index (χ4v) is 4.27. The van der Waals surface area contributed by atoms with E-state index in [1.54, 1.807) is 4.68 Å². The molecule has 0 aliphatic carbocycles. The zero-order valence-corrected chi connectivity index (χ0v) is 17.0. The maximum Gasteiger partial charge on any atom is 0.218 e. The molecule has 2 bridgehead atoms. The minimum Gasteiger partial charge on any atom is -0.343 e. The van der Waals surface area contributed by atoms with E-state index in [0.717, 1.165) is 17.0 Å². The van der Waals surface area contributed by atoms with Crippen LogP contribution in [0.25, 0.3) is 11.4 Å². The third kappa shape index (κ3) is 3.44. The van der Waals surface area contributed by atoms with Gasteiger partial charge in [-0.1, -0.05) is 41.9 Å². The van der Waals surface area contributed by atoms with Crippen LogP contribution in [0.1, 0.15) is 18.0 Å². The number of carbonyl (C=O) groups is 1. The van der Waals surface area contributed by atoms with Crippen LogP contribution in [0.3, 0.4) is 0 Å². The third-order valence-corrected chi connectivity index (χ3v) is 5.96. The molecule has 0 N–H and O–H groups in total. The molecule has 0 spiro atoms. The van der Waals surface area contributed by atoms with Crippen LogP contribution in [0.5, 0.6) is 0 Å². The second kappa shape index (κ2) is 7.50. The summed E-state index contributed by atoms with van der Waals surface area (Å²) in [5, 5.41) is 5.48. The van der Waals surface area contributed by atoms with Crippen LogP contribution in [0.15, 0.2) is 54.6 Å². The first-order valence-corrected chi connectivity index (χ1v) is 10.2. The number of ketones is 1. The van der Waals surface area contributed by atoms with Gasteiger partial charge in [-0.15, -0.1) is 0 Å². The Morgan fingerprint density at radius 3 is 2.66 bits per heavy atom. The number of rotatable bonds is 4. The molecule has 6 nitrogen and oxygen atoms in total. The molecule has 3 aromatic rings. The van der Waals surface area contributed by atoms with Crippen molar-refractivity contribution >= 4 is 29.6 Å². The van der Waals surface area contributed by atoms with Crippen molar-refractivity contribution in [3.8, 4) is 11.4 Å². The lowest BCUT2D eigenvalue weighted by Crippen LogP contribution is -2.37. The lowest BCUT2D eigenvalue weighted by Gasteiger charge is -2.26. The Labute approximate surface area is 177 Å². The van der Waals surface area contributed by atoms with E-state index in [1.807, 2.05) is 59.2 Å². The second-order valence-corrected chi connectivity index (χ2v) is 8.01. The first-order chi connectivity index (χ1) is 14.1. The number of ether oxygens (including phenoxy) is 2. The molecule has 2 aromatic carbocycles. The van der Waals surface area contributed by atoms with Crippen LogP contribution in [0, 0.1) is 4.77 Å². The van der Waals surface area contributed by atoms with Crippen molar-refractivity contribution in [2.45, 2.75) is 31.4 Å². The molecule has 8 heteroatoms. The van der Waals surface area contributed by atoms with Crippen molar-refractivity contribution in [3.05, 3.63) is 70.0 Å². The predicted octanol–water partition coefficient (Wildman–Crippen LogP) is 4.04. The minimum absolute atomic E-state index is 0.0729. The molecule has 2 saturated heterocycles. The lowest BCUT2D eigenvalue weighted by atomic mass is 10.0. The molecular weight excluding hydrogens is 410 g/mol. The highest BCUT2D eigenvalue weighted by atomic mass is 35.5. The zero-order valence-electron chi connectivity index (χ0n) is 15.4. The molecule has 3 heterocycles. The number of aromatic nitrogens is 3. The average molecular weight is 428 g/mol. The van der Waals surface area contributed by atoms with E-state index in [-0.39, 0.29) is 17.9 Å². The van der Waals surface area contributed by atoms with Crippen molar-refractivity contribution in [3.63, 3.8) is 0 Å². The molecule has 5 rings (SSSR count). The van der Waals surface area contributed by atoms with Gasteiger partial charge < -0.3 is 9.47 Å². The Bertz CT molecular complexity index is 1110. The Kier molecular flexibility index (Phi) is 4.83. The van der Waals surface area contributed by atoms with Gasteiger partial charge in [0.05, 0.1) is 19.2 Å². The SMILES string of the molecule is O=C1C[C@@H](n2nc(-c3ccc(Cl)cc3)n(Cc3ccccc3)c2=S)[C@H]2CO[C@H]1O2. The normalized spacial score (nSPS) is 23.5. The smallest absolute Gasteiger partial charge is 0.218 e. The van der Waals surface area contributed by atoms with Crippen LogP contribution in [0.2, 0.25) is 5.02 Å². The predicted molar refractivity (Wildman–Crippen MR) is 110 cm³/mol. The summed E-state index contributed by atoms with van der Waals surface area (Å²) in [4.78, 5) is 12.3. The summed E-state index contributed by atoms with van der Waals surface area (Å²) in [6.07, 6.45) is -0.679. The monoisotopic (exact) mass is 427 g/mol. The van der Waals surface area contributed by atoms with Crippen LogP contribution in [-0.2, 0) is 20.8 Å². The summed E-state index contributed by atoms with van der Waals surface area (Å²) in [6, 6.07) is 17.3. The largest absolute Gasteiger partial charge is 0.343 e. The van der Waals surface area contributed by atoms with Crippen LogP contribution < -0.4 is 0 Å². The third-order valence-electron chi connectivity index (χ3n) is 5.30. The number of halogens is 1. The van der Waals surface area contributed by atoms with E-state index in [4.69, 9.17) is 38.4 Å². The number of nitrogens with zero attached hydrogens (tertiary/aromatic N) is 3. The number of hydrogen-bond donors (Lipinski definition) is 0. The van der Waals surface area contributed by atoms with E-state index in [0.29, 0.717) is 29.4 Å². The number of Topliss-reactive ketones (excluding diaryl/α,β-unsaturated/α-hetero) is 1. The van der Waals surface area contributed by atoms with Crippen molar-refractivity contribution in [2.75, 3.05) is 6.61 Å². The summed E-state index contributed by atoms with van der Waals surface area (Å²) in [7, 11) is 0. The Hall–Kier alpha value is -2.32. The van der Waals surface area contributed by atoms with Crippen LogP contribution >= 0.6 is 23.8 Å². The number of hydrogen-bond acceptors (Lipinski definition) is 5. The molecule has 2 fully saturated rings. The Morgan fingerprint density at radius 1 is 1.14 bits per heavy atom. The molecule has 0 unspecified atom stereocenters. The molecule has 1 aromatic heterocycles. The average Bonchev–Trinajstić information content (AvgIpc) is 3.30. The Balaban J connectivity index is 1.61. The molecule has 0 radical (unpaired) electrons. The highest BCUT2D eigenvalue weighted by Gasteiger charge is 2.45. The number of fused-ring (bicyclic) bond motifs is 2. The summed E-state index contributed by atoms with van der Waals surface area (Å²) in [5.41, 5.74) is 2.01. The molecule has 148 valence electrons. The van der Waals surface area contributed by atoms with Gasteiger partial charge in [0.1, 0.15) is 6.10 Å². The lowest BCUT2D eigenvalue weighted by molar-refractivity contribution is -0.156. The molecule has 2 aliphatic rings. The van der Waals surface area contributed by atoms with E-state index >= 15 is 0 Å². The topological polar surface area (TPSA) is 58.3 Å². The second-order valence-electron chi connectivity index (χ2n) is 7.21. The molecule has 29 heavy (non-hydrogen) atoms.